The van der Waals surface area contributed by atoms with Gasteiger partial charge in [0.1, 0.15) is 10.8 Å². The van der Waals surface area contributed by atoms with Crippen molar-refractivity contribution in [3.05, 3.63) is 47.4 Å². The highest BCUT2D eigenvalue weighted by Gasteiger charge is 2.11. The molecule has 8 heteroatoms. The van der Waals surface area contributed by atoms with Gasteiger partial charge in [0.2, 0.25) is 0 Å². The number of nitrogens with two attached hydrogens (primary N) is 1. The van der Waals surface area contributed by atoms with Crippen LogP contribution in [0.2, 0.25) is 0 Å². The summed E-state index contributed by atoms with van der Waals surface area (Å²) in [5, 5.41) is 16.5. The lowest BCUT2D eigenvalue weighted by Gasteiger charge is -2.03. The molecule has 1 aromatic heterocycles. The third-order valence-electron chi connectivity index (χ3n) is 2.29. The molecular formula is C12H8FN3O3S. The first-order valence-electron chi connectivity index (χ1n) is 5.31. The van der Waals surface area contributed by atoms with Crippen LogP contribution in [0.5, 0.6) is 0 Å². The molecule has 0 aliphatic heterocycles. The van der Waals surface area contributed by atoms with Crippen molar-refractivity contribution in [1.29, 1.82) is 0 Å². The maximum Gasteiger partial charge on any atom is 0.335 e. The zero-order chi connectivity index (χ0) is 14.7. The fourth-order valence-corrected chi connectivity index (χ4v) is 2.13. The van der Waals surface area contributed by atoms with Crippen LogP contribution in [-0.4, -0.2) is 27.2 Å². The van der Waals surface area contributed by atoms with Crippen molar-refractivity contribution in [3.63, 3.8) is 0 Å². The third kappa shape index (κ3) is 3.09. The molecule has 0 aliphatic rings. The fourth-order valence-electron chi connectivity index (χ4n) is 1.33. The Kier molecular flexibility index (Phi) is 3.94. The molecule has 2 rings (SSSR count). The van der Waals surface area contributed by atoms with Crippen LogP contribution in [0.1, 0.15) is 20.8 Å². The fraction of sp³-hybridized carbons (Fsp3) is 0. The van der Waals surface area contributed by atoms with Crippen molar-refractivity contribution in [2.24, 2.45) is 5.73 Å². The Labute approximate surface area is 116 Å². The van der Waals surface area contributed by atoms with Crippen molar-refractivity contribution in [3.8, 4) is 0 Å². The first-order chi connectivity index (χ1) is 9.47. The average Bonchev–Trinajstić information content (AvgIpc) is 2.41. The number of rotatable bonds is 4. The summed E-state index contributed by atoms with van der Waals surface area (Å²) in [5.41, 5.74) is 4.98. The van der Waals surface area contributed by atoms with Gasteiger partial charge in [-0.3, -0.25) is 4.79 Å². The molecule has 20 heavy (non-hydrogen) atoms. The minimum Gasteiger partial charge on any atom is -0.478 e. The smallest absolute Gasteiger partial charge is 0.335 e. The van der Waals surface area contributed by atoms with Gasteiger partial charge in [-0.15, -0.1) is 10.2 Å². The van der Waals surface area contributed by atoms with E-state index in [0.717, 1.165) is 17.8 Å². The second-order valence-electron chi connectivity index (χ2n) is 3.67. The van der Waals surface area contributed by atoms with E-state index in [-0.39, 0.29) is 16.2 Å². The number of carboxylic acids is 1. The summed E-state index contributed by atoms with van der Waals surface area (Å²) in [6, 6.07) is 6.24. The Bertz CT molecular complexity index is 676. The van der Waals surface area contributed by atoms with Crippen molar-refractivity contribution < 1.29 is 19.1 Å². The predicted molar refractivity (Wildman–Crippen MR) is 68.0 cm³/mol. The van der Waals surface area contributed by atoms with E-state index in [9.17, 15) is 14.0 Å². The summed E-state index contributed by atoms with van der Waals surface area (Å²) < 4.78 is 13.6. The van der Waals surface area contributed by atoms with E-state index < -0.39 is 17.7 Å². The van der Waals surface area contributed by atoms with Crippen molar-refractivity contribution >= 4 is 23.6 Å². The van der Waals surface area contributed by atoms with Crippen LogP contribution < -0.4 is 5.73 Å². The van der Waals surface area contributed by atoms with Gasteiger partial charge in [0, 0.05) is 0 Å². The Morgan fingerprint density at radius 2 is 1.95 bits per heavy atom. The van der Waals surface area contributed by atoms with Crippen LogP contribution in [0.3, 0.4) is 0 Å². The molecule has 0 saturated heterocycles. The molecule has 0 aliphatic carbocycles. The minimum absolute atomic E-state index is 0.00545. The van der Waals surface area contributed by atoms with E-state index in [1.165, 1.54) is 24.3 Å². The Morgan fingerprint density at radius 3 is 2.50 bits per heavy atom. The van der Waals surface area contributed by atoms with Gasteiger partial charge < -0.3 is 10.8 Å². The zero-order valence-electron chi connectivity index (χ0n) is 9.91. The van der Waals surface area contributed by atoms with Crippen LogP contribution >= 0.6 is 11.8 Å². The number of aromatic carboxylic acids is 1. The highest BCUT2D eigenvalue weighted by atomic mass is 32.2. The molecular weight excluding hydrogens is 285 g/mol. The molecule has 0 atom stereocenters. The highest BCUT2D eigenvalue weighted by Crippen LogP contribution is 2.28. The normalized spacial score (nSPS) is 10.2. The first kappa shape index (κ1) is 13.9. The molecule has 2 aromatic rings. The number of amides is 1. The lowest BCUT2D eigenvalue weighted by atomic mass is 10.2. The van der Waals surface area contributed by atoms with Crippen LogP contribution in [0.25, 0.3) is 0 Å². The van der Waals surface area contributed by atoms with Crippen LogP contribution in [-0.2, 0) is 0 Å². The van der Waals surface area contributed by atoms with Gasteiger partial charge in [0.25, 0.3) is 5.91 Å². The number of primary amides is 1. The molecule has 0 radical (unpaired) electrons. The highest BCUT2D eigenvalue weighted by molar-refractivity contribution is 7.99. The second kappa shape index (κ2) is 5.66. The number of carbonyl (C=O) groups is 2. The second-order valence-corrected chi connectivity index (χ2v) is 4.74. The van der Waals surface area contributed by atoms with E-state index >= 15 is 0 Å². The Morgan fingerprint density at radius 1 is 1.20 bits per heavy atom. The number of benzene rings is 1. The van der Waals surface area contributed by atoms with Crippen molar-refractivity contribution in [1.82, 2.24) is 10.2 Å². The zero-order valence-corrected chi connectivity index (χ0v) is 10.7. The Hall–Kier alpha value is -2.48. The summed E-state index contributed by atoms with van der Waals surface area (Å²) in [6.45, 7) is 0. The summed E-state index contributed by atoms with van der Waals surface area (Å²) >= 11 is 0.902. The molecule has 0 saturated carbocycles. The van der Waals surface area contributed by atoms with Gasteiger partial charge in [-0.1, -0.05) is 11.8 Å². The average molecular weight is 293 g/mol. The van der Waals surface area contributed by atoms with Crippen molar-refractivity contribution in [2.45, 2.75) is 9.92 Å². The van der Waals surface area contributed by atoms with Gasteiger partial charge in [0.15, 0.2) is 5.69 Å². The lowest BCUT2D eigenvalue weighted by Crippen LogP contribution is -2.13. The molecule has 0 spiro atoms. The molecule has 1 amide bonds. The number of hydrogen-bond donors (Lipinski definition) is 2. The van der Waals surface area contributed by atoms with Crippen molar-refractivity contribution in [2.75, 3.05) is 0 Å². The van der Waals surface area contributed by atoms with Gasteiger partial charge in [-0.2, -0.15) is 0 Å². The van der Waals surface area contributed by atoms with Crippen LogP contribution in [0.4, 0.5) is 4.39 Å². The maximum atomic E-state index is 13.6. The minimum atomic E-state index is -1.15. The van der Waals surface area contributed by atoms with E-state index in [1.807, 2.05) is 0 Å². The summed E-state index contributed by atoms with van der Waals surface area (Å²) in [5.74, 6) is -2.43. The summed E-state index contributed by atoms with van der Waals surface area (Å²) in [6.07, 6.45) is 0. The number of aromatic nitrogens is 2. The molecule has 102 valence electrons. The monoisotopic (exact) mass is 293 g/mol. The molecule has 0 bridgehead atoms. The van der Waals surface area contributed by atoms with Crippen LogP contribution in [0.15, 0.2) is 40.3 Å². The largest absolute Gasteiger partial charge is 0.478 e. The predicted octanol–water partition coefficient (Wildman–Crippen LogP) is 1.56. The number of hydrogen-bond acceptors (Lipinski definition) is 5. The van der Waals surface area contributed by atoms with Crippen LogP contribution in [0, 0.1) is 5.82 Å². The number of carboxylic acid groups (broad SMARTS) is 1. The first-order valence-corrected chi connectivity index (χ1v) is 6.13. The van der Waals surface area contributed by atoms with E-state index in [2.05, 4.69) is 10.2 Å². The van der Waals surface area contributed by atoms with E-state index in [0.29, 0.717) is 5.03 Å². The van der Waals surface area contributed by atoms with Gasteiger partial charge in [-0.25, -0.2) is 9.18 Å². The van der Waals surface area contributed by atoms with E-state index in [1.54, 1.807) is 0 Å². The standard InChI is InChI=1S/C12H8FN3O3S/c13-7-2-1-6(12(18)19)5-9(7)20-10-4-3-8(11(14)17)15-16-10/h1-5H,(H2,14,17)(H,18,19). The number of carbonyl (C=O) groups excluding carboxylic acids is 1. The molecule has 0 unspecified atom stereocenters. The van der Waals surface area contributed by atoms with Gasteiger partial charge >= 0.3 is 5.97 Å². The third-order valence-corrected chi connectivity index (χ3v) is 3.24. The molecule has 6 nitrogen and oxygen atoms in total. The maximum absolute atomic E-state index is 13.6. The molecule has 0 fully saturated rings. The topological polar surface area (TPSA) is 106 Å². The quantitative estimate of drug-likeness (QED) is 0.886. The number of halogens is 1. The SMILES string of the molecule is NC(=O)c1ccc(Sc2cc(C(=O)O)ccc2F)nn1. The van der Waals surface area contributed by atoms with E-state index in [4.69, 9.17) is 10.8 Å². The summed E-state index contributed by atoms with van der Waals surface area (Å²) in [7, 11) is 0. The molecule has 3 N–H and O–H groups in total. The Balaban J connectivity index is 2.27. The lowest BCUT2D eigenvalue weighted by molar-refractivity contribution is 0.0696. The number of nitrogens with zero attached hydrogens (tertiary/aromatic N) is 2. The summed E-state index contributed by atoms with van der Waals surface area (Å²) in [4.78, 5) is 21.8. The van der Waals surface area contributed by atoms with Gasteiger partial charge in [-0.05, 0) is 30.3 Å². The molecule has 1 heterocycles. The molecule has 1 aromatic carbocycles. The van der Waals surface area contributed by atoms with Gasteiger partial charge in [0.05, 0.1) is 10.5 Å².